The molecule has 1 amide bonds. The first kappa shape index (κ1) is 21.8. The Morgan fingerprint density at radius 2 is 2.06 bits per heavy atom. The van der Waals surface area contributed by atoms with Gasteiger partial charge in [-0.2, -0.15) is 16.7 Å². The predicted molar refractivity (Wildman–Crippen MR) is 121 cm³/mol. The van der Waals surface area contributed by atoms with Crippen molar-refractivity contribution in [1.29, 1.82) is 0 Å². The molecule has 0 bridgehead atoms. The lowest BCUT2D eigenvalue weighted by molar-refractivity contribution is -0.122. The van der Waals surface area contributed by atoms with Crippen LogP contribution < -0.4 is 10.1 Å². The third-order valence-corrected chi connectivity index (χ3v) is 5.62. The number of pyridine rings is 1. The van der Waals surface area contributed by atoms with Crippen LogP contribution in [0, 0.1) is 0 Å². The van der Waals surface area contributed by atoms with Gasteiger partial charge in [0.05, 0.1) is 13.2 Å². The van der Waals surface area contributed by atoms with Crippen LogP contribution in [-0.4, -0.2) is 49.8 Å². The Balaban J connectivity index is 1.39. The van der Waals surface area contributed by atoms with Crippen LogP contribution in [0.15, 0.2) is 53.2 Å². The van der Waals surface area contributed by atoms with Gasteiger partial charge in [-0.15, -0.1) is 10.2 Å². The minimum Gasteiger partial charge on any atom is -0.497 e. The van der Waals surface area contributed by atoms with Crippen LogP contribution in [0.5, 0.6) is 5.75 Å². The minimum atomic E-state index is -0.232. The van der Waals surface area contributed by atoms with E-state index in [9.17, 15) is 4.79 Å². The molecule has 9 nitrogen and oxygen atoms in total. The van der Waals surface area contributed by atoms with Gasteiger partial charge >= 0.3 is 0 Å². The maximum absolute atomic E-state index is 12.7. The van der Waals surface area contributed by atoms with Crippen molar-refractivity contribution in [2.24, 2.45) is 0 Å². The van der Waals surface area contributed by atoms with Crippen molar-refractivity contribution in [3.63, 3.8) is 0 Å². The van der Waals surface area contributed by atoms with E-state index >= 15 is 0 Å². The number of hydrogen-bond acceptors (Lipinski definition) is 8. The zero-order valence-electron chi connectivity index (χ0n) is 17.9. The Hall–Kier alpha value is -3.40. The Kier molecular flexibility index (Phi) is 7.00. The highest BCUT2D eigenvalue weighted by molar-refractivity contribution is 7.98. The lowest BCUT2D eigenvalue weighted by atomic mass is 10.2. The molecule has 0 saturated heterocycles. The zero-order valence-corrected chi connectivity index (χ0v) is 18.7. The highest BCUT2D eigenvalue weighted by atomic mass is 32.2. The number of hydrogen-bond donors (Lipinski definition) is 1. The molecule has 10 heteroatoms. The number of amides is 1. The summed E-state index contributed by atoms with van der Waals surface area (Å²) in [4.78, 5) is 17.1. The van der Waals surface area contributed by atoms with Crippen LogP contribution in [-0.2, 0) is 11.2 Å². The van der Waals surface area contributed by atoms with Crippen molar-refractivity contribution >= 4 is 23.3 Å². The molecule has 32 heavy (non-hydrogen) atoms. The fourth-order valence-corrected chi connectivity index (χ4v) is 3.77. The average molecular weight is 453 g/mol. The molecule has 3 aromatic heterocycles. The molecule has 1 atom stereocenters. The molecule has 0 aliphatic heterocycles. The Morgan fingerprint density at radius 3 is 2.84 bits per heavy atom. The molecule has 166 valence electrons. The number of aryl methyl sites for hydroxylation is 1. The number of nitrogens with zero attached hydrogens (tertiary/aromatic N) is 5. The normalized spacial score (nSPS) is 12.1. The topological polar surface area (TPSA) is 107 Å². The zero-order chi connectivity index (χ0) is 22.3. The van der Waals surface area contributed by atoms with Gasteiger partial charge in [0.1, 0.15) is 5.75 Å². The van der Waals surface area contributed by atoms with Crippen molar-refractivity contribution in [2.45, 2.75) is 25.3 Å². The molecule has 0 aliphatic carbocycles. The van der Waals surface area contributed by atoms with Crippen molar-refractivity contribution in [2.75, 3.05) is 19.1 Å². The molecule has 3 heterocycles. The molecule has 0 fully saturated rings. The highest BCUT2D eigenvalue weighted by Crippen LogP contribution is 2.21. The van der Waals surface area contributed by atoms with Crippen LogP contribution in [0.1, 0.15) is 30.6 Å². The molecule has 1 aromatic carbocycles. The third kappa shape index (κ3) is 5.08. The quantitative estimate of drug-likeness (QED) is 0.390. The fraction of sp³-hybridized carbons (Fsp3) is 0.318. The van der Waals surface area contributed by atoms with Crippen LogP contribution in [0.25, 0.3) is 17.0 Å². The second-order valence-electron chi connectivity index (χ2n) is 7.13. The van der Waals surface area contributed by atoms with Crippen molar-refractivity contribution in [3.05, 3.63) is 60.4 Å². The smallest absolute Gasteiger partial charge is 0.227 e. The molecule has 4 rings (SSSR count). The van der Waals surface area contributed by atoms with Gasteiger partial charge in [0, 0.05) is 24.6 Å². The van der Waals surface area contributed by atoms with E-state index in [4.69, 9.17) is 9.26 Å². The molecule has 0 aliphatic rings. The van der Waals surface area contributed by atoms with E-state index in [2.05, 4.69) is 25.7 Å². The van der Waals surface area contributed by atoms with Crippen LogP contribution >= 0.6 is 11.8 Å². The first-order valence-electron chi connectivity index (χ1n) is 10.2. The second-order valence-corrected chi connectivity index (χ2v) is 8.11. The number of ether oxygens (including phenoxy) is 1. The molecule has 0 saturated carbocycles. The molecular formula is C22H24N6O3S. The summed E-state index contributed by atoms with van der Waals surface area (Å²) in [7, 11) is 1.61. The summed E-state index contributed by atoms with van der Waals surface area (Å²) in [6.07, 6.45) is 5.28. The molecule has 0 radical (unpaired) electrons. The van der Waals surface area contributed by atoms with Crippen molar-refractivity contribution < 1.29 is 14.1 Å². The van der Waals surface area contributed by atoms with Crippen LogP contribution in [0.4, 0.5) is 0 Å². The number of benzene rings is 1. The van der Waals surface area contributed by atoms with E-state index in [1.54, 1.807) is 18.9 Å². The number of carbonyl (C=O) groups excluding carboxylic acids is 1. The monoisotopic (exact) mass is 452 g/mol. The SMILES string of the molecule is COc1ccc(-c2noc(CCC(=O)NC(CCSC)c3nnc4ccccn34)n2)cc1. The van der Waals surface area contributed by atoms with E-state index < -0.39 is 0 Å². The molecular weight excluding hydrogens is 428 g/mol. The number of methoxy groups -OCH3 is 1. The maximum Gasteiger partial charge on any atom is 0.227 e. The summed E-state index contributed by atoms with van der Waals surface area (Å²) in [6, 6.07) is 12.9. The fourth-order valence-electron chi connectivity index (χ4n) is 3.30. The molecule has 1 N–H and O–H groups in total. The summed E-state index contributed by atoms with van der Waals surface area (Å²) in [5.41, 5.74) is 1.57. The largest absolute Gasteiger partial charge is 0.497 e. The first-order valence-corrected chi connectivity index (χ1v) is 11.6. The van der Waals surface area contributed by atoms with Gasteiger partial charge in [-0.1, -0.05) is 11.2 Å². The average Bonchev–Trinajstić information content (AvgIpc) is 3.48. The number of carbonyl (C=O) groups is 1. The summed E-state index contributed by atoms with van der Waals surface area (Å²) < 4.78 is 12.4. The Labute approximate surface area is 189 Å². The number of thioether (sulfide) groups is 1. The van der Waals surface area contributed by atoms with E-state index in [-0.39, 0.29) is 18.4 Å². The van der Waals surface area contributed by atoms with E-state index in [0.29, 0.717) is 18.1 Å². The van der Waals surface area contributed by atoms with E-state index in [1.807, 2.05) is 59.3 Å². The minimum absolute atomic E-state index is 0.104. The van der Waals surface area contributed by atoms with Gasteiger partial charge < -0.3 is 14.6 Å². The van der Waals surface area contributed by atoms with Gasteiger partial charge in [0.15, 0.2) is 11.5 Å². The molecule has 0 spiro atoms. The van der Waals surface area contributed by atoms with Gasteiger partial charge in [0.2, 0.25) is 17.6 Å². The van der Waals surface area contributed by atoms with Crippen LogP contribution in [0.2, 0.25) is 0 Å². The first-order chi connectivity index (χ1) is 15.7. The van der Waals surface area contributed by atoms with Gasteiger partial charge in [-0.05, 0) is 54.8 Å². The standard InChI is InChI=1S/C22H24N6O3S/c1-30-16-8-6-15(7-9-16)21-24-20(31-27-21)11-10-19(29)23-17(12-14-32-2)22-26-25-18-5-3-4-13-28(18)22/h3-9,13,17H,10-12,14H2,1-2H3,(H,23,29). The Morgan fingerprint density at radius 1 is 1.22 bits per heavy atom. The lowest BCUT2D eigenvalue weighted by Crippen LogP contribution is -2.30. The molecule has 4 aromatic rings. The molecule has 1 unspecified atom stereocenters. The highest BCUT2D eigenvalue weighted by Gasteiger charge is 2.20. The Bertz CT molecular complexity index is 1170. The summed E-state index contributed by atoms with van der Waals surface area (Å²) in [5.74, 6) is 3.17. The summed E-state index contributed by atoms with van der Waals surface area (Å²) in [5, 5.41) is 15.6. The van der Waals surface area contributed by atoms with Crippen LogP contribution in [0.3, 0.4) is 0 Å². The number of rotatable bonds is 10. The number of fused-ring (bicyclic) bond motifs is 1. The lowest BCUT2D eigenvalue weighted by Gasteiger charge is -2.16. The third-order valence-electron chi connectivity index (χ3n) is 4.98. The number of nitrogens with one attached hydrogen (secondary N) is 1. The number of aromatic nitrogens is 5. The van der Waals surface area contributed by atoms with Gasteiger partial charge in [-0.25, -0.2) is 0 Å². The van der Waals surface area contributed by atoms with E-state index in [0.717, 1.165) is 35.0 Å². The van der Waals surface area contributed by atoms with Gasteiger partial charge in [0.25, 0.3) is 0 Å². The van der Waals surface area contributed by atoms with Crippen molar-refractivity contribution in [1.82, 2.24) is 30.1 Å². The summed E-state index contributed by atoms with van der Waals surface area (Å²) >= 11 is 1.72. The van der Waals surface area contributed by atoms with E-state index in [1.165, 1.54) is 0 Å². The van der Waals surface area contributed by atoms with Crippen molar-refractivity contribution in [3.8, 4) is 17.1 Å². The predicted octanol–water partition coefficient (Wildman–Crippen LogP) is 3.33. The summed E-state index contributed by atoms with van der Waals surface area (Å²) in [6.45, 7) is 0. The van der Waals surface area contributed by atoms with Gasteiger partial charge in [-0.3, -0.25) is 9.20 Å². The maximum atomic E-state index is 12.7. The second kappa shape index (κ2) is 10.3.